The molecule has 0 spiro atoms. The van der Waals surface area contributed by atoms with Gasteiger partial charge in [0.1, 0.15) is 12.4 Å². The quantitative estimate of drug-likeness (QED) is 0.669. The molecule has 0 unspecified atom stereocenters. The van der Waals surface area contributed by atoms with Crippen molar-refractivity contribution in [3.63, 3.8) is 0 Å². The lowest BCUT2D eigenvalue weighted by atomic mass is 10.2. The zero-order chi connectivity index (χ0) is 17.5. The third-order valence-electron chi connectivity index (χ3n) is 3.63. The molecule has 0 saturated carbocycles. The molecule has 8 heteroatoms. The number of nitrogens with zero attached hydrogens (tertiary/aromatic N) is 4. The Bertz CT molecular complexity index is 799. The van der Waals surface area contributed by atoms with Gasteiger partial charge in [-0.1, -0.05) is 6.07 Å². The Hall–Kier alpha value is -2.74. The molecule has 0 fully saturated rings. The Balaban J connectivity index is 1.48. The molecule has 0 bridgehead atoms. The van der Waals surface area contributed by atoms with Crippen LogP contribution in [0.4, 0.5) is 0 Å². The van der Waals surface area contributed by atoms with Crippen LogP contribution in [0.25, 0.3) is 0 Å². The summed E-state index contributed by atoms with van der Waals surface area (Å²) in [5, 5.41) is 16.4. The first-order chi connectivity index (χ1) is 12.3. The molecule has 0 aliphatic rings. The summed E-state index contributed by atoms with van der Waals surface area (Å²) in [5.41, 5.74) is 0.608. The molecule has 0 radical (unpaired) electrons. The van der Waals surface area contributed by atoms with Crippen molar-refractivity contribution in [2.75, 3.05) is 6.54 Å². The van der Waals surface area contributed by atoms with Gasteiger partial charge in [-0.3, -0.25) is 4.79 Å². The zero-order valence-electron chi connectivity index (χ0n) is 13.9. The van der Waals surface area contributed by atoms with Crippen LogP contribution in [0.3, 0.4) is 0 Å². The molecular weight excluding hydrogens is 338 g/mol. The second kappa shape index (κ2) is 8.39. The van der Waals surface area contributed by atoms with Gasteiger partial charge in [0.05, 0.1) is 0 Å². The first kappa shape index (κ1) is 17.1. The lowest BCUT2D eigenvalue weighted by molar-refractivity contribution is 0.0954. The number of benzene rings is 1. The molecule has 0 aliphatic heterocycles. The number of hydrogen-bond donors (Lipinski definition) is 1. The summed E-state index contributed by atoms with van der Waals surface area (Å²) in [4.78, 5) is 13.4. The fraction of sp³-hybridized carbons (Fsp3) is 0.294. The van der Waals surface area contributed by atoms with Crippen LogP contribution < -0.4 is 10.1 Å². The molecule has 0 saturated heterocycles. The van der Waals surface area contributed by atoms with E-state index in [1.807, 2.05) is 18.4 Å². The number of rotatable bonds is 8. The van der Waals surface area contributed by atoms with E-state index >= 15 is 0 Å². The molecule has 130 valence electrons. The summed E-state index contributed by atoms with van der Waals surface area (Å²) in [6.07, 6.45) is 0.844. The molecule has 0 atom stereocenters. The van der Waals surface area contributed by atoms with E-state index in [0.717, 1.165) is 6.42 Å². The van der Waals surface area contributed by atoms with Gasteiger partial charge in [0, 0.05) is 23.5 Å². The fourth-order valence-electron chi connectivity index (χ4n) is 2.28. The molecule has 1 N–H and O–H groups in total. The van der Waals surface area contributed by atoms with Crippen LogP contribution in [0.5, 0.6) is 5.75 Å². The smallest absolute Gasteiger partial charge is 0.251 e. The van der Waals surface area contributed by atoms with Gasteiger partial charge in [-0.15, -0.1) is 16.4 Å². The highest BCUT2D eigenvalue weighted by molar-refractivity contribution is 7.09. The number of aryl methyl sites for hydroxylation is 1. The van der Waals surface area contributed by atoms with Crippen molar-refractivity contribution in [3.05, 3.63) is 58.0 Å². The molecule has 2 aromatic heterocycles. The predicted molar refractivity (Wildman–Crippen MR) is 94.6 cm³/mol. The normalized spacial score (nSPS) is 10.6. The number of ether oxygens (including phenoxy) is 1. The van der Waals surface area contributed by atoms with Crippen molar-refractivity contribution >= 4 is 17.2 Å². The van der Waals surface area contributed by atoms with E-state index in [2.05, 4.69) is 26.9 Å². The van der Waals surface area contributed by atoms with Gasteiger partial charge in [-0.25, -0.2) is 4.68 Å². The average Bonchev–Trinajstić information content (AvgIpc) is 3.31. The maximum absolute atomic E-state index is 12.1. The average molecular weight is 357 g/mol. The summed E-state index contributed by atoms with van der Waals surface area (Å²) < 4.78 is 7.34. The standard InChI is InChI=1S/C17H19N5O2S/c1-2-22-16(19-20-21-22)12-24-14-7-5-13(6-8-14)17(23)18-10-9-15-4-3-11-25-15/h3-8,11H,2,9-10,12H2,1H3,(H,18,23). The van der Waals surface area contributed by atoms with Crippen LogP contribution in [0.15, 0.2) is 41.8 Å². The number of nitrogens with one attached hydrogen (secondary N) is 1. The Morgan fingerprint density at radius 1 is 1.28 bits per heavy atom. The fourth-order valence-corrected chi connectivity index (χ4v) is 2.99. The van der Waals surface area contributed by atoms with Crippen molar-refractivity contribution in [3.8, 4) is 5.75 Å². The van der Waals surface area contributed by atoms with Gasteiger partial charge < -0.3 is 10.1 Å². The second-order valence-electron chi connectivity index (χ2n) is 5.31. The third-order valence-corrected chi connectivity index (χ3v) is 4.56. The predicted octanol–water partition coefficient (Wildman–Crippen LogP) is 2.31. The third kappa shape index (κ3) is 4.63. The minimum absolute atomic E-state index is 0.0852. The van der Waals surface area contributed by atoms with E-state index in [1.54, 1.807) is 40.3 Å². The number of aromatic nitrogens is 4. The van der Waals surface area contributed by atoms with Crippen LogP contribution in [-0.4, -0.2) is 32.7 Å². The minimum Gasteiger partial charge on any atom is -0.486 e. The van der Waals surface area contributed by atoms with Gasteiger partial charge in [-0.05, 0) is 59.5 Å². The minimum atomic E-state index is -0.0852. The van der Waals surface area contributed by atoms with Crippen LogP contribution >= 0.6 is 11.3 Å². The lowest BCUT2D eigenvalue weighted by Gasteiger charge is -2.07. The van der Waals surface area contributed by atoms with Crippen LogP contribution in [0.1, 0.15) is 28.0 Å². The van der Waals surface area contributed by atoms with Crippen molar-refractivity contribution in [2.24, 2.45) is 0 Å². The van der Waals surface area contributed by atoms with Gasteiger partial charge >= 0.3 is 0 Å². The summed E-state index contributed by atoms with van der Waals surface area (Å²) >= 11 is 1.70. The maximum atomic E-state index is 12.1. The Labute approximate surface area is 149 Å². The monoisotopic (exact) mass is 357 g/mol. The maximum Gasteiger partial charge on any atom is 0.251 e. The molecule has 1 amide bonds. The molecule has 0 aliphatic carbocycles. The van der Waals surface area contributed by atoms with E-state index in [4.69, 9.17) is 4.74 Å². The van der Waals surface area contributed by atoms with E-state index < -0.39 is 0 Å². The highest BCUT2D eigenvalue weighted by Gasteiger charge is 2.07. The molecule has 1 aromatic carbocycles. The summed E-state index contributed by atoms with van der Waals surface area (Å²) in [5.74, 6) is 1.25. The van der Waals surface area contributed by atoms with Gasteiger partial charge in [0.25, 0.3) is 5.91 Å². The number of hydrogen-bond acceptors (Lipinski definition) is 6. The molecule has 25 heavy (non-hydrogen) atoms. The van der Waals surface area contributed by atoms with Crippen LogP contribution in [0.2, 0.25) is 0 Å². The lowest BCUT2D eigenvalue weighted by Crippen LogP contribution is -2.25. The Kier molecular flexibility index (Phi) is 5.73. The highest BCUT2D eigenvalue weighted by atomic mass is 32.1. The highest BCUT2D eigenvalue weighted by Crippen LogP contribution is 2.14. The number of tetrazole rings is 1. The van der Waals surface area contributed by atoms with Crippen molar-refractivity contribution < 1.29 is 9.53 Å². The summed E-state index contributed by atoms with van der Waals surface area (Å²) in [6, 6.07) is 11.1. The summed E-state index contributed by atoms with van der Waals surface area (Å²) in [7, 11) is 0. The molecule has 7 nitrogen and oxygen atoms in total. The first-order valence-corrected chi connectivity index (χ1v) is 8.92. The number of carbonyl (C=O) groups is 1. The first-order valence-electron chi connectivity index (χ1n) is 8.04. The van der Waals surface area contributed by atoms with Crippen LogP contribution in [0, 0.1) is 0 Å². The Morgan fingerprint density at radius 2 is 2.12 bits per heavy atom. The van der Waals surface area contributed by atoms with E-state index in [0.29, 0.717) is 30.2 Å². The molecule has 3 rings (SSSR count). The van der Waals surface area contributed by atoms with Crippen molar-refractivity contribution in [1.82, 2.24) is 25.5 Å². The van der Waals surface area contributed by atoms with E-state index in [1.165, 1.54) is 4.88 Å². The number of thiophene rings is 1. The second-order valence-corrected chi connectivity index (χ2v) is 6.34. The van der Waals surface area contributed by atoms with E-state index in [-0.39, 0.29) is 12.5 Å². The topological polar surface area (TPSA) is 81.9 Å². The van der Waals surface area contributed by atoms with Gasteiger partial charge in [0.2, 0.25) is 0 Å². The van der Waals surface area contributed by atoms with Gasteiger partial charge in [-0.2, -0.15) is 0 Å². The summed E-state index contributed by atoms with van der Waals surface area (Å²) in [6.45, 7) is 3.56. The Morgan fingerprint density at radius 3 is 2.84 bits per heavy atom. The largest absolute Gasteiger partial charge is 0.486 e. The number of carbonyl (C=O) groups excluding carboxylic acids is 1. The van der Waals surface area contributed by atoms with Crippen LogP contribution in [-0.2, 0) is 19.6 Å². The molecule has 2 heterocycles. The van der Waals surface area contributed by atoms with Crippen molar-refractivity contribution in [1.29, 1.82) is 0 Å². The molecule has 3 aromatic rings. The SMILES string of the molecule is CCn1nnnc1COc1ccc(C(=O)NCCc2cccs2)cc1. The van der Waals surface area contributed by atoms with E-state index in [9.17, 15) is 4.79 Å². The number of amides is 1. The molecular formula is C17H19N5O2S. The zero-order valence-corrected chi connectivity index (χ0v) is 14.7. The van der Waals surface area contributed by atoms with Crippen molar-refractivity contribution in [2.45, 2.75) is 26.5 Å². The van der Waals surface area contributed by atoms with Gasteiger partial charge in [0.15, 0.2) is 5.82 Å².